The third kappa shape index (κ3) is 2.87. The van der Waals surface area contributed by atoms with E-state index in [9.17, 15) is 24.9 Å². The average molecular weight is 468 g/mol. The molecule has 1 spiro atoms. The van der Waals surface area contributed by atoms with Gasteiger partial charge in [-0.25, -0.2) is 4.79 Å². The third-order valence-corrected chi connectivity index (χ3v) is 9.14. The van der Waals surface area contributed by atoms with Crippen molar-refractivity contribution in [3.05, 3.63) is 53.6 Å². The number of aliphatic hydroxyl groups excluding tert-OH is 2. The quantitative estimate of drug-likeness (QED) is 0.508. The van der Waals surface area contributed by atoms with Crippen LogP contribution in [0, 0.1) is 34.5 Å². The topological polar surface area (TPSA) is 116 Å². The first-order valence-corrected chi connectivity index (χ1v) is 12.0. The predicted molar refractivity (Wildman–Crippen MR) is 126 cm³/mol. The fourth-order valence-corrected chi connectivity index (χ4v) is 7.37. The highest BCUT2D eigenvalue weighted by molar-refractivity contribution is 5.95. The van der Waals surface area contributed by atoms with E-state index < -0.39 is 41.8 Å². The molecule has 2 fully saturated rings. The number of carbonyl (C=O) groups is 2. The van der Waals surface area contributed by atoms with Crippen molar-refractivity contribution < 1.29 is 29.6 Å². The van der Waals surface area contributed by atoms with Gasteiger partial charge in [0.15, 0.2) is 17.5 Å². The van der Waals surface area contributed by atoms with Gasteiger partial charge < -0.3 is 20.1 Å². The summed E-state index contributed by atoms with van der Waals surface area (Å²) in [6, 6.07) is 8.77. The van der Waals surface area contributed by atoms with Crippen molar-refractivity contribution in [3.8, 4) is 0 Å². The molecule has 1 aromatic rings. The molecule has 4 aliphatic carbocycles. The number of hydrogen-bond acceptors (Lipinski definition) is 6. The number of hydrogen-bond donors (Lipinski definition) is 4. The molecular formula is C27H33NO6. The van der Waals surface area contributed by atoms with Gasteiger partial charge in [0.2, 0.25) is 0 Å². The number of benzene rings is 1. The summed E-state index contributed by atoms with van der Waals surface area (Å²) in [5.74, 6) is -0.630. The third-order valence-electron chi connectivity index (χ3n) is 9.14. The predicted octanol–water partition coefficient (Wildman–Crippen LogP) is 3.07. The monoisotopic (exact) mass is 467 g/mol. The van der Waals surface area contributed by atoms with Crippen molar-refractivity contribution in [2.75, 3.05) is 11.9 Å². The maximum absolute atomic E-state index is 14.3. The molecule has 4 N–H and O–H groups in total. The van der Waals surface area contributed by atoms with Crippen LogP contribution >= 0.6 is 0 Å². The molecule has 0 radical (unpaired) electrons. The number of anilines is 1. The molecule has 34 heavy (non-hydrogen) atoms. The van der Waals surface area contributed by atoms with Crippen LogP contribution in [-0.2, 0) is 9.53 Å². The molecule has 0 heterocycles. The zero-order valence-corrected chi connectivity index (χ0v) is 20.0. The fourth-order valence-electron chi connectivity index (χ4n) is 7.37. The van der Waals surface area contributed by atoms with Crippen LogP contribution in [0.25, 0.3) is 0 Å². The van der Waals surface area contributed by atoms with E-state index in [1.165, 1.54) is 0 Å². The van der Waals surface area contributed by atoms with E-state index in [4.69, 9.17) is 4.74 Å². The molecule has 0 saturated heterocycles. The van der Waals surface area contributed by atoms with Gasteiger partial charge in [-0.1, -0.05) is 51.1 Å². The van der Waals surface area contributed by atoms with E-state index >= 15 is 0 Å². The first-order valence-electron chi connectivity index (χ1n) is 12.0. The Balaban J connectivity index is 1.58. The van der Waals surface area contributed by atoms with Gasteiger partial charge in [-0.15, -0.1) is 0 Å². The van der Waals surface area contributed by atoms with Crippen LogP contribution in [0.2, 0.25) is 0 Å². The lowest BCUT2D eigenvalue weighted by molar-refractivity contribution is -0.189. The minimum Gasteiger partial charge on any atom is -0.438 e. The van der Waals surface area contributed by atoms with Gasteiger partial charge >= 0.3 is 6.09 Å². The fraction of sp³-hybridized carbons (Fsp3) is 0.556. The SMILES string of the molecule is CC1=C[C@]23C(=O)[C@@H](C=C(CO)[C@@H](O)[C@]2(O)[C@H]1OC(=O)Nc1ccccc1)[C@H]1[C@@H](C[C@H]3C)C1(C)C. The highest BCUT2D eigenvalue weighted by Crippen LogP contribution is 2.71. The average Bonchev–Trinajstić information content (AvgIpc) is 3.28. The number of ketones is 1. The highest BCUT2D eigenvalue weighted by atomic mass is 16.6. The van der Waals surface area contributed by atoms with Gasteiger partial charge in [0.1, 0.15) is 6.10 Å². The largest absolute Gasteiger partial charge is 0.438 e. The second kappa shape index (κ2) is 7.51. The number of amides is 1. The number of ether oxygens (including phenoxy) is 1. The van der Waals surface area contributed by atoms with Crippen LogP contribution < -0.4 is 5.32 Å². The Kier molecular flexibility index (Phi) is 5.14. The number of carbonyl (C=O) groups excluding carboxylic acids is 2. The summed E-state index contributed by atoms with van der Waals surface area (Å²) >= 11 is 0. The first-order chi connectivity index (χ1) is 16.0. The summed E-state index contributed by atoms with van der Waals surface area (Å²) in [4.78, 5) is 27.1. The lowest BCUT2D eigenvalue weighted by Crippen LogP contribution is -2.66. The summed E-state index contributed by atoms with van der Waals surface area (Å²) in [6.45, 7) is 7.44. The molecule has 0 unspecified atom stereocenters. The van der Waals surface area contributed by atoms with E-state index in [0.717, 1.165) is 0 Å². The molecular weight excluding hydrogens is 434 g/mol. The Labute approximate surface area is 199 Å². The minimum absolute atomic E-state index is 0.0382. The molecule has 4 aliphatic rings. The Morgan fingerprint density at radius 3 is 2.56 bits per heavy atom. The molecule has 5 rings (SSSR count). The Hall–Kier alpha value is -2.48. The van der Waals surface area contributed by atoms with E-state index in [2.05, 4.69) is 19.2 Å². The zero-order valence-electron chi connectivity index (χ0n) is 20.0. The van der Waals surface area contributed by atoms with Crippen LogP contribution in [0.4, 0.5) is 10.5 Å². The molecule has 7 heteroatoms. The zero-order chi connectivity index (χ0) is 24.6. The number of para-hydroxylation sites is 1. The Morgan fingerprint density at radius 1 is 1.24 bits per heavy atom. The standard InChI is InChI=1S/C27H33NO6/c1-14-12-26-15(2)10-19-20(25(19,3)4)18(22(26)31)11-16(13-29)21(30)27(26,33)23(14)34-24(32)28-17-8-6-5-7-9-17/h5-9,11-12,15,18-21,23,29-30,33H,10,13H2,1-4H3,(H,28,32)/t15-,18+,19-,20+,21-,23+,26+,27+/m1/s1. The highest BCUT2D eigenvalue weighted by Gasteiger charge is 2.76. The number of allylic oxidation sites excluding steroid dienone is 1. The van der Waals surface area contributed by atoms with Gasteiger partial charge in [0, 0.05) is 11.6 Å². The second-order valence-electron chi connectivity index (χ2n) is 11.1. The van der Waals surface area contributed by atoms with Crippen LogP contribution in [0.15, 0.2) is 53.6 Å². The summed E-state index contributed by atoms with van der Waals surface area (Å²) in [5.41, 5.74) is -2.38. The molecule has 1 aromatic carbocycles. The summed E-state index contributed by atoms with van der Waals surface area (Å²) < 4.78 is 5.73. The van der Waals surface area contributed by atoms with Crippen LogP contribution in [0.1, 0.15) is 34.1 Å². The molecule has 8 atom stereocenters. The van der Waals surface area contributed by atoms with Crippen molar-refractivity contribution >= 4 is 17.6 Å². The molecule has 1 amide bonds. The number of nitrogens with one attached hydrogen (secondary N) is 1. The van der Waals surface area contributed by atoms with E-state index in [0.29, 0.717) is 23.6 Å². The van der Waals surface area contributed by atoms with Gasteiger partial charge in [-0.3, -0.25) is 10.1 Å². The van der Waals surface area contributed by atoms with E-state index in [-0.39, 0.29) is 28.6 Å². The lowest BCUT2D eigenvalue weighted by Gasteiger charge is -2.48. The second-order valence-corrected chi connectivity index (χ2v) is 11.1. The molecule has 182 valence electrons. The van der Waals surface area contributed by atoms with Crippen LogP contribution in [-0.4, -0.2) is 51.6 Å². The van der Waals surface area contributed by atoms with Crippen molar-refractivity contribution in [3.63, 3.8) is 0 Å². The smallest absolute Gasteiger partial charge is 0.412 e. The molecule has 7 nitrogen and oxygen atoms in total. The Bertz CT molecular complexity index is 1090. The van der Waals surface area contributed by atoms with E-state index in [1.54, 1.807) is 43.3 Å². The number of aliphatic hydroxyl groups is 3. The van der Waals surface area contributed by atoms with Gasteiger partial charge in [0.25, 0.3) is 0 Å². The lowest BCUT2D eigenvalue weighted by atomic mass is 9.59. The summed E-state index contributed by atoms with van der Waals surface area (Å²) in [6.07, 6.45) is 0.478. The molecule has 2 bridgehead atoms. The normalized spacial score (nSPS) is 41.8. The maximum atomic E-state index is 14.3. The molecule has 0 aromatic heterocycles. The van der Waals surface area contributed by atoms with Crippen molar-refractivity contribution in [1.82, 2.24) is 0 Å². The van der Waals surface area contributed by atoms with Gasteiger partial charge in [-0.2, -0.15) is 0 Å². The van der Waals surface area contributed by atoms with Crippen molar-refractivity contribution in [2.45, 2.75) is 51.9 Å². The maximum Gasteiger partial charge on any atom is 0.412 e. The number of fused-ring (bicyclic) bond motifs is 3. The number of rotatable bonds is 3. The van der Waals surface area contributed by atoms with Crippen molar-refractivity contribution in [2.24, 2.45) is 34.5 Å². The number of Topliss-reactive ketones (excluding diaryl/α,β-unsaturated/α-hetero) is 1. The minimum atomic E-state index is -2.13. The van der Waals surface area contributed by atoms with Gasteiger partial charge in [-0.05, 0) is 59.8 Å². The summed E-state index contributed by atoms with van der Waals surface area (Å²) in [7, 11) is 0. The summed E-state index contributed by atoms with van der Waals surface area (Å²) in [5, 5.41) is 36.6. The van der Waals surface area contributed by atoms with Crippen molar-refractivity contribution in [1.29, 1.82) is 0 Å². The molecule has 2 saturated carbocycles. The van der Waals surface area contributed by atoms with Gasteiger partial charge in [0.05, 0.1) is 12.0 Å². The van der Waals surface area contributed by atoms with Crippen LogP contribution in [0.3, 0.4) is 0 Å². The van der Waals surface area contributed by atoms with E-state index in [1.807, 2.05) is 13.0 Å². The first kappa shape index (κ1) is 23.3. The van der Waals surface area contributed by atoms with Crippen LogP contribution in [0.5, 0.6) is 0 Å². The molecule has 0 aliphatic heterocycles. The Morgan fingerprint density at radius 2 is 1.91 bits per heavy atom.